The van der Waals surface area contributed by atoms with Crippen LogP contribution in [-0.4, -0.2) is 17.0 Å². The summed E-state index contributed by atoms with van der Waals surface area (Å²) in [5.41, 5.74) is -1.66. The van der Waals surface area contributed by atoms with E-state index in [-0.39, 0.29) is 22.9 Å². The fourth-order valence-corrected chi connectivity index (χ4v) is 1.74. The lowest BCUT2D eigenvalue weighted by atomic mass is 9.93. The van der Waals surface area contributed by atoms with Gasteiger partial charge in [0.05, 0.1) is 10.1 Å². The van der Waals surface area contributed by atoms with Crippen LogP contribution < -0.4 is 0 Å². The van der Waals surface area contributed by atoms with Crippen LogP contribution in [0, 0.1) is 11.6 Å². The van der Waals surface area contributed by atoms with Crippen LogP contribution in [0.25, 0.3) is 0 Å². The molecule has 0 amide bonds. The molecule has 1 unspecified atom stereocenters. The zero-order valence-corrected chi connectivity index (χ0v) is 10.2. The van der Waals surface area contributed by atoms with Gasteiger partial charge in [0.2, 0.25) is 0 Å². The molecule has 0 aliphatic rings. The van der Waals surface area contributed by atoms with Crippen LogP contribution >= 0.6 is 15.9 Å². The second-order valence-electron chi connectivity index (χ2n) is 3.87. The van der Waals surface area contributed by atoms with E-state index in [2.05, 4.69) is 15.9 Å². The molecule has 0 fully saturated rings. The average molecular weight is 293 g/mol. The molecule has 0 aliphatic carbocycles. The molecule has 0 bridgehead atoms. The maximum atomic E-state index is 13.5. The van der Waals surface area contributed by atoms with Gasteiger partial charge in [-0.15, -0.1) is 0 Å². The molecule has 1 aromatic rings. The highest BCUT2D eigenvalue weighted by Gasteiger charge is 2.25. The minimum atomic E-state index is -1.44. The fraction of sp³-hybridized carbons (Fsp3) is 0.364. The zero-order valence-electron chi connectivity index (χ0n) is 8.64. The third-order valence-corrected chi connectivity index (χ3v) is 2.83. The van der Waals surface area contributed by atoms with Gasteiger partial charge < -0.3 is 9.90 Å². The number of carbonyl (C=O) groups is 1. The van der Waals surface area contributed by atoms with Crippen molar-refractivity contribution in [3.8, 4) is 0 Å². The van der Waals surface area contributed by atoms with Crippen LogP contribution in [0.5, 0.6) is 0 Å². The molecule has 1 N–H and O–H groups in total. The Labute approximate surface area is 100 Å². The molecule has 0 saturated carbocycles. The molecule has 2 nitrogen and oxygen atoms in total. The van der Waals surface area contributed by atoms with Gasteiger partial charge in [-0.05, 0) is 35.0 Å². The molecule has 0 radical (unpaired) electrons. The molecule has 0 aliphatic heterocycles. The molecule has 0 heterocycles. The van der Waals surface area contributed by atoms with Gasteiger partial charge in [-0.2, -0.15) is 0 Å². The van der Waals surface area contributed by atoms with E-state index in [4.69, 9.17) is 0 Å². The lowest BCUT2D eigenvalue weighted by Gasteiger charge is -2.21. The summed E-state index contributed by atoms with van der Waals surface area (Å²) in [4.78, 5) is 10.3. The fourth-order valence-electron chi connectivity index (χ4n) is 1.36. The number of carbonyl (C=O) groups excluding carboxylic acids is 1. The summed E-state index contributed by atoms with van der Waals surface area (Å²) in [5, 5.41) is 9.73. The quantitative estimate of drug-likeness (QED) is 0.684. The van der Waals surface area contributed by atoms with Gasteiger partial charge in [-0.1, -0.05) is 0 Å². The molecule has 1 aromatic carbocycles. The monoisotopic (exact) mass is 292 g/mol. The van der Waals surface area contributed by atoms with E-state index in [1.54, 1.807) is 0 Å². The molecule has 0 aromatic heterocycles. The first-order valence-corrected chi connectivity index (χ1v) is 5.45. The second-order valence-corrected chi connectivity index (χ2v) is 4.72. The highest BCUT2D eigenvalue weighted by molar-refractivity contribution is 9.10. The van der Waals surface area contributed by atoms with E-state index in [1.807, 2.05) is 0 Å². The lowest BCUT2D eigenvalue weighted by Crippen LogP contribution is -2.28. The molecule has 16 heavy (non-hydrogen) atoms. The van der Waals surface area contributed by atoms with Crippen LogP contribution in [0.1, 0.15) is 18.9 Å². The first kappa shape index (κ1) is 13.3. The lowest BCUT2D eigenvalue weighted by molar-refractivity contribution is -0.111. The summed E-state index contributed by atoms with van der Waals surface area (Å²) in [5.74, 6) is -1.47. The summed E-state index contributed by atoms with van der Waals surface area (Å²) in [7, 11) is 0. The van der Waals surface area contributed by atoms with Crippen molar-refractivity contribution in [2.45, 2.75) is 25.4 Å². The average Bonchev–Trinajstić information content (AvgIpc) is 2.19. The van der Waals surface area contributed by atoms with Crippen molar-refractivity contribution in [1.82, 2.24) is 0 Å². The summed E-state index contributed by atoms with van der Waals surface area (Å²) in [6.07, 6.45) is 0.106. The van der Waals surface area contributed by atoms with Gasteiger partial charge >= 0.3 is 0 Å². The van der Waals surface area contributed by atoms with Gasteiger partial charge in [-0.25, -0.2) is 8.78 Å². The van der Waals surface area contributed by atoms with Crippen molar-refractivity contribution < 1.29 is 18.7 Å². The van der Waals surface area contributed by atoms with E-state index in [9.17, 15) is 18.7 Å². The number of hydrogen-bond acceptors (Lipinski definition) is 2. The first-order chi connectivity index (χ1) is 7.37. The Morgan fingerprint density at radius 3 is 2.69 bits per heavy atom. The number of aliphatic hydroxyl groups is 1. The molecule has 5 heteroatoms. The van der Waals surface area contributed by atoms with Crippen molar-refractivity contribution in [3.05, 3.63) is 33.8 Å². The molecular formula is C11H11BrF2O2. The van der Waals surface area contributed by atoms with Crippen molar-refractivity contribution in [1.29, 1.82) is 0 Å². The number of halogens is 3. The van der Waals surface area contributed by atoms with Crippen LogP contribution in [-0.2, 0) is 11.2 Å². The van der Waals surface area contributed by atoms with Crippen molar-refractivity contribution in [2.75, 3.05) is 0 Å². The van der Waals surface area contributed by atoms with Crippen LogP contribution in [0.3, 0.4) is 0 Å². The maximum absolute atomic E-state index is 13.5. The Morgan fingerprint density at radius 2 is 2.12 bits per heavy atom. The third-order valence-electron chi connectivity index (χ3n) is 2.22. The number of benzene rings is 1. The summed E-state index contributed by atoms with van der Waals surface area (Å²) >= 11 is 2.93. The van der Waals surface area contributed by atoms with Gasteiger partial charge in [0.15, 0.2) is 0 Å². The van der Waals surface area contributed by atoms with Crippen LogP contribution in [0.2, 0.25) is 0 Å². The number of rotatable bonds is 4. The van der Waals surface area contributed by atoms with Gasteiger partial charge in [0, 0.05) is 18.4 Å². The minimum Gasteiger partial charge on any atom is -0.389 e. The summed E-state index contributed by atoms with van der Waals surface area (Å²) in [6, 6.07) is 2.36. The van der Waals surface area contributed by atoms with E-state index in [0.717, 1.165) is 6.07 Å². The number of aldehydes is 1. The SMILES string of the molecule is CC(O)(CC=O)Cc1c(F)ccc(Br)c1F. The Morgan fingerprint density at radius 1 is 1.50 bits per heavy atom. The highest BCUT2D eigenvalue weighted by Crippen LogP contribution is 2.26. The van der Waals surface area contributed by atoms with Gasteiger partial charge in [0.25, 0.3) is 0 Å². The van der Waals surface area contributed by atoms with Crippen molar-refractivity contribution in [3.63, 3.8) is 0 Å². The van der Waals surface area contributed by atoms with E-state index in [1.165, 1.54) is 13.0 Å². The summed E-state index contributed by atoms with van der Waals surface area (Å²) < 4.78 is 27.0. The smallest absolute Gasteiger partial charge is 0.143 e. The van der Waals surface area contributed by atoms with E-state index < -0.39 is 17.2 Å². The predicted octanol–water partition coefficient (Wildman–Crippen LogP) is 2.61. The summed E-state index contributed by atoms with van der Waals surface area (Å²) in [6.45, 7) is 1.36. The highest BCUT2D eigenvalue weighted by atomic mass is 79.9. The van der Waals surface area contributed by atoms with Crippen LogP contribution in [0.4, 0.5) is 8.78 Å². The molecule has 88 valence electrons. The zero-order chi connectivity index (χ0) is 12.3. The first-order valence-electron chi connectivity index (χ1n) is 4.66. The Kier molecular flexibility index (Phi) is 4.15. The van der Waals surface area contributed by atoms with Crippen molar-refractivity contribution in [2.24, 2.45) is 0 Å². The number of hydrogen-bond donors (Lipinski definition) is 1. The van der Waals surface area contributed by atoms with Crippen LogP contribution in [0.15, 0.2) is 16.6 Å². The molecule has 1 atom stereocenters. The minimum absolute atomic E-state index is 0.130. The van der Waals surface area contributed by atoms with E-state index in [0.29, 0.717) is 6.29 Å². The largest absolute Gasteiger partial charge is 0.389 e. The standard InChI is InChI=1S/C11H11BrF2O2/c1-11(16,4-5-15)6-7-9(13)3-2-8(12)10(7)14/h2-3,5,16H,4,6H2,1H3. The van der Waals surface area contributed by atoms with Crippen molar-refractivity contribution >= 4 is 22.2 Å². The maximum Gasteiger partial charge on any atom is 0.143 e. The molecular weight excluding hydrogens is 282 g/mol. The normalized spacial score (nSPS) is 14.6. The molecule has 0 saturated heterocycles. The Hall–Kier alpha value is -0.810. The Balaban J connectivity index is 3.05. The second kappa shape index (κ2) is 5.01. The molecule has 0 spiro atoms. The topological polar surface area (TPSA) is 37.3 Å². The van der Waals surface area contributed by atoms with Gasteiger partial charge in [-0.3, -0.25) is 0 Å². The molecule has 1 rings (SSSR count). The van der Waals surface area contributed by atoms with Gasteiger partial charge in [0.1, 0.15) is 17.9 Å². The Bertz CT molecular complexity index is 405. The van der Waals surface area contributed by atoms with E-state index >= 15 is 0 Å². The third kappa shape index (κ3) is 3.09. The predicted molar refractivity (Wildman–Crippen MR) is 59.1 cm³/mol.